The molecule has 4 heteroatoms. The van der Waals surface area contributed by atoms with Gasteiger partial charge in [-0.3, -0.25) is 14.6 Å². The zero-order valence-corrected chi connectivity index (χ0v) is 14.5. The van der Waals surface area contributed by atoms with Gasteiger partial charge in [-0.05, 0) is 55.7 Å². The van der Waals surface area contributed by atoms with Crippen LogP contribution in [0.1, 0.15) is 45.8 Å². The summed E-state index contributed by atoms with van der Waals surface area (Å²) in [6.45, 7) is 5.87. The van der Waals surface area contributed by atoms with Crippen molar-refractivity contribution in [3.05, 3.63) is 69.5 Å². The number of allylic oxidation sites excluding steroid dienone is 1. The van der Waals surface area contributed by atoms with E-state index in [0.717, 1.165) is 22.3 Å². The fourth-order valence-electron chi connectivity index (χ4n) is 3.56. The molecule has 124 valence electrons. The molecule has 2 aromatic rings. The minimum absolute atomic E-state index is 0.0811. The van der Waals surface area contributed by atoms with Gasteiger partial charge in [0.15, 0.2) is 11.6 Å². The Labute approximate surface area is 146 Å². The first kappa shape index (κ1) is 16.8. The smallest absolute Gasteiger partial charge is 0.174 e. The molecule has 0 saturated heterocycles. The maximum atomic E-state index is 12.9. The fraction of sp³-hybridized carbons (Fsp3) is 0.238. The highest BCUT2D eigenvalue weighted by Gasteiger charge is 2.39. The number of carbonyl (C=O) groups is 2. The van der Waals surface area contributed by atoms with Crippen molar-refractivity contribution in [2.24, 2.45) is 0 Å². The number of rotatable bonds is 2. The van der Waals surface area contributed by atoms with E-state index in [4.69, 9.17) is 5.26 Å². The van der Waals surface area contributed by atoms with Gasteiger partial charge in [-0.15, -0.1) is 0 Å². The zero-order valence-electron chi connectivity index (χ0n) is 14.5. The minimum atomic E-state index is -0.749. The Bertz CT molecular complexity index is 941. The summed E-state index contributed by atoms with van der Waals surface area (Å²) in [5.74, 6) is -1.03. The third kappa shape index (κ3) is 3.01. The summed E-state index contributed by atoms with van der Waals surface area (Å²) >= 11 is 0. The standard InChI is InChI=1S/C21H18N2O2/c1-12-7-13(2)19(14(3)8-12)20-18(24)10-16(21(20)25)9-17-15(11-22)5-4-6-23-17/h4-9,20H,10H2,1-3H3/b16-9+. The lowest BCUT2D eigenvalue weighted by atomic mass is 9.87. The molecule has 0 aliphatic heterocycles. The molecule has 1 atom stereocenters. The predicted molar refractivity (Wildman–Crippen MR) is 95.0 cm³/mol. The molecule has 4 nitrogen and oxygen atoms in total. The molecule has 1 fully saturated rings. The molecule has 1 aromatic heterocycles. The van der Waals surface area contributed by atoms with Gasteiger partial charge >= 0.3 is 0 Å². The number of hydrogen-bond acceptors (Lipinski definition) is 4. The van der Waals surface area contributed by atoms with Crippen LogP contribution in [0.2, 0.25) is 0 Å². The van der Waals surface area contributed by atoms with Crippen molar-refractivity contribution >= 4 is 17.6 Å². The minimum Gasteiger partial charge on any atom is -0.298 e. The van der Waals surface area contributed by atoms with Crippen molar-refractivity contribution in [2.75, 3.05) is 0 Å². The van der Waals surface area contributed by atoms with Crippen molar-refractivity contribution in [3.8, 4) is 6.07 Å². The average molecular weight is 330 g/mol. The molecule has 1 aliphatic rings. The van der Waals surface area contributed by atoms with Gasteiger partial charge < -0.3 is 0 Å². The van der Waals surface area contributed by atoms with Crippen LogP contribution in [0.5, 0.6) is 0 Å². The molecule has 1 aromatic carbocycles. The van der Waals surface area contributed by atoms with Crippen LogP contribution in [-0.2, 0) is 9.59 Å². The Morgan fingerprint density at radius 1 is 1.20 bits per heavy atom. The van der Waals surface area contributed by atoms with Crippen molar-refractivity contribution in [3.63, 3.8) is 0 Å². The summed E-state index contributed by atoms with van der Waals surface area (Å²) in [4.78, 5) is 29.6. The first-order valence-corrected chi connectivity index (χ1v) is 8.12. The number of nitriles is 1. The maximum absolute atomic E-state index is 12.9. The summed E-state index contributed by atoms with van der Waals surface area (Å²) in [7, 11) is 0. The highest BCUT2D eigenvalue weighted by Crippen LogP contribution is 2.36. The molecule has 0 radical (unpaired) electrons. The van der Waals surface area contributed by atoms with Crippen LogP contribution >= 0.6 is 0 Å². The quantitative estimate of drug-likeness (QED) is 0.623. The molecular formula is C21H18N2O2. The van der Waals surface area contributed by atoms with Crippen molar-refractivity contribution in [1.29, 1.82) is 5.26 Å². The Kier molecular flexibility index (Phi) is 4.33. The zero-order chi connectivity index (χ0) is 18.1. The van der Waals surface area contributed by atoms with E-state index in [1.807, 2.05) is 32.9 Å². The van der Waals surface area contributed by atoms with Crippen LogP contribution < -0.4 is 0 Å². The highest BCUT2D eigenvalue weighted by atomic mass is 16.2. The first-order chi connectivity index (χ1) is 11.9. The second kappa shape index (κ2) is 6.45. The molecule has 25 heavy (non-hydrogen) atoms. The molecule has 1 aliphatic carbocycles. The molecule has 0 amide bonds. The highest BCUT2D eigenvalue weighted by molar-refractivity contribution is 6.24. The number of aryl methyl sites for hydroxylation is 3. The summed E-state index contributed by atoms with van der Waals surface area (Å²) in [5.41, 5.74) is 5.08. The Morgan fingerprint density at radius 3 is 2.52 bits per heavy atom. The molecule has 1 unspecified atom stereocenters. The van der Waals surface area contributed by atoms with Gasteiger partial charge in [0.05, 0.1) is 11.3 Å². The van der Waals surface area contributed by atoms with E-state index < -0.39 is 5.92 Å². The summed E-state index contributed by atoms with van der Waals surface area (Å²) in [5, 5.41) is 9.17. The SMILES string of the molecule is Cc1cc(C)c(C2C(=O)C/C(=C\c3ncccc3C#N)C2=O)c(C)c1. The molecule has 0 N–H and O–H groups in total. The number of carbonyl (C=O) groups excluding carboxylic acids is 2. The molecule has 3 rings (SSSR count). The second-order valence-corrected chi connectivity index (χ2v) is 6.47. The fourth-order valence-corrected chi connectivity index (χ4v) is 3.56. The number of pyridine rings is 1. The predicted octanol–water partition coefficient (Wildman–Crippen LogP) is 3.59. The Hall–Kier alpha value is -3.06. The molecule has 0 spiro atoms. The lowest BCUT2D eigenvalue weighted by Gasteiger charge is -2.15. The number of aromatic nitrogens is 1. The normalized spacial score (nSPS) is 18.6. The van der Waals surface area contributed by atoms with Gasteiger partial charge in [-0.1, -0.05) is 17.7 Å². The Morgan fingerprint density at radius 2 is 1.88 bits per heavy atom. The third-order valence-electron chi connectivity index (χ3n) is 4.56. The summed E-state index contributed by atoms with van der Waals surface area (Å²) in [6.07, 6.45) is 3.23. The van der Waals surface area contributed by atoms with Crippen LogP contribution in [-0.4, -0.2) is 16.6 Å². The molecule has 1 heterocycles. The lowest BCUT2D eigenvalue weighted by molar-refractivity contribution is -0.123. The van der Waals surface area contributed by atoms with Crippen LogP contribution in [0.3, 0.4) is 0 Å². The summed E-state index contributed by atoms with van der Waals surface area (Å²) < 4.78 is 0. The van der Waals surface area contributed by atoms with E-state index in [1.165, 1.54) is 0 Å². The monoisotopic (exact) mass is 330 g/mol. The van der Waals surface area contributed by atoms with Gasteiger partial charge in [-0.25, -0.2) is 0 Å². The number of ketones is 2. The van der Waals surface area contributed by atoms with E-state index in [2.05, 4.69) is 11.1 Å². The largest absolute Gasteiger partial charge is 0.298 e. The Balaban J connectivity index is 2.05. The van der Waals surface area contributed by atoms with Crippen LogP contribution in [0.15, 0.2) is 36.0 Å². The number of hydrogen-bond donors (Lipinski definition) is 0. The van der Waals surface area contributed by atoms with Gasteiger partial charge in [0, 0.05) is 18.2 Å². The van der Waals surface area contributed by atoms with Crippen molar-refractivity contribution in [1.82, 2.24) is 4.98 Å². The van der Waals surface area contributed by atoms with Crippen LogP contribution in [0.25, 0.3) is 6.08 Å². The van der Waals surface area contributed by atoms with Gasteiger partial charge in [0.2, 0.25) is 0 Å². The lowest BCUT2D eigenvalue weighted by Crippen LogP contribution is -2.15. The maximum Gasteiger partial charge on any atom is 0.174 e. The number of nitrogens with zero attached hydrogens (tertiary/aromatic N) is 2. The van der Waals surface area contributed by atoms with E-state index in [1.54, 1.807) is 24.4 Å². The van der Waals surface area contributed by atoms with Crippen LogP contribution in [0.4, 0.5) is 0 Å². The van der Waals surface area contributed by atoms with Crippen molar-refractivity contribution < 1.29 is 9.59 Å². The number of Topliss-reactive ketones (excluding diaryl/α,β-unsaturated/α-hetero) is 2. The van der Waals surface area contributed by atoms with Gasteiger partial charge in [0.1, 0.15) is 12.0 Å². The van der Waals surface area contributed by atoms with Gasteiger partial charge in [0.25, 0.3) is 0 Å². The third-order valence-corrected chi connectivity index (χ3v) is 4.56. The van der Waals surface area contributed by atoms with E-state index in [0.29, 0.717) is 16.8 Å². The topological polar surface area (TPSA) is 70.8 Å². The summed E-state index contributed by atoms with van der Waals surface area (Å²) in [6, 6.07) is 9.37. The van der Waals surface area contributed by atoms with E-state index in [-0.39, 0.29) is 18.0 Å². The van der Waals surface area contributed by atoms with Crippen LogP contribution in [0, 0.1) is 32.1 Å². The average Bonchev–Trinajstić information content (AvgIpc) is 2.82. The molecular weight excluding hydrogens is 312 g/mol. The van der Waals surface area contributed by atoms with Gasteiger partial charge in [-0.2, -0.15) is 5.26 Å². The molecule has 1 saturated carbocycles. The number of benzene rings is 1. The second-order valence-electron chi connectivity index (χ2n) is 6.47. The van der Waals surface area contributed by atoms with E-state index in [9.17, 15) is 9.59 Å². The molecule has 0 bridgehead atoms. The van der Waals surface area contributed by atoms with E-state index >= 15 is 0 Å². The first-order valence-electron chi connectivity index (χ1n) is 8.12. The van der Waals surface area contributed by atoms with Crippen molar-refractivity contribution in [2.45, 2.75) is 33.1 Å².